The maximum atomic E-state index is 12.3. The van der Waals surface area contributed by atoms with E-state index in [9.17, 15) is 4.79 Å². The highest BCUT2D eigenvalue weighted by molar-refractivity contribution is 5.76. The van der Waals surface area contributed by atoms with Crippen molar-refractivity contribution in [1.29, 1.82) is 0 Å². The molecule has 3 aliphatic rings. The van der Waals surface area contributed by atoms with Crippen molar-refractivity contribution in [3.05, 3.63) is 0 Å². The van der Waals surface area contributed by atoms with Crippen molar-refractivity contribution in [1.82, 2.24) is 4.90 Å². The number of carbonyl (C=O) groups is 1. The molecule has 18 heavy (non-hydrogen) atoms. The summed E-state index contributed by atoms with van der Waals surface area (Å²) in [6, 6.07) is 0.340. The maximum absolute atomic E-state index is 12.3. The van der Waals surface area contributed by atoms with Crippen LogP contribution in [0.25, 0.3) is 0 Å². The first-order chi connectivity index (χ1) is 8.74. The average Bonchev–Trinajstić information content (AvgIpc) is 2.63. The monoisotopic (exact) mass is 252 g/mol. The second kappa shape index (κ2) is 5.17. The zero-order valence-electron chi connectivity index (χ0n) is 11.0. The van der Waals surface area contributed by atoms with Gasteiger partial charge in [0.05, 0.1) is 0 Å². The van der Waals surface area contributed by atoms with Gasteiger partial charge in [-0.3, -0.25) is 4.79 Å². The van der Waals surface area contributed by atoms with E-state index in [1.54, 1.807) is 0 Å². The molecule has 0 aromatic rings. The third kappa shape index (κ3) is 2.41. The molecule has 3 fully saturated rings. The number of ether oxygens (including phenoxy) is 1. The van der Waals surface area contributed by atoms with E-state index >= 15 is 0 Å². The molecular weight excluding hydrogens is 228 g/mol. The van der Waals surface area contributed by atoms with Gasteiger partial charge in [-0.15, -0.1) is 0 Å². The predicted octanol–water partition coefficient (Wildman–Crippen LogP) is 0.999. The molecule has 4 heteroatoms. The summed E-state index contributed by atoms with van der Waals surface area (Å²) >= 11 is 0. The Balaban J connectivity index is 1.53. The molecule has 3 rings (SSSR count). The number of nitrogens with zero attached hydrogens (tertiary/aromatic N) is 1. The van der Waals surface area contributed by atoms with E-state index in [0.717, 1.165) is 39.1 Å². The van der Waals surface area contributed by atoms with Crippen molar-refractivity contribution in [3.63, 3.8) is 0 Å². The van der Waals surface area contributed by atoms with E-state index in [1.807, 2.05) is 0 Å². The van der Waals surface area contributed by atoms with Crippen LogP contribution in [0.1, 0.15) is 32.1 Å². The van der Waals surface area contributed by atoms with E-state index < -0.39 is 0 Å². The topological polar surface area (TPSA) is 55.6 Å². The molecule has 1 amide bonds. The van der Waals surface area contributed by atoms with Gasteiger partial charge in [0.25, 0.3) is 0 Å². The Morgan fingerprint density at radius 1 is 1.22 bits per heavy atom. The van der Waals surface area contributed by atoms with Crippen molar-refractivity contribution < 1.29 is 9.53 Å². The molecular formula is C14H24N2O2. The Kier molecular flexibility index (Phi) is 3.57. The number of rotatable bonds is 2. The van der Waals surface area contributed by atoms with Gasteiger partial charge >= 0.3 is 0 Å². The number of carbonyl (C=O) groups excluding carboxylic acids is 1. The van der Waals surface area contributed by atoms with Crippen LogP contribution in [0, 0.1) is 17.8 Å². The largest absolute Gasteiger partial charge is 0.381 e. The molecule has 1 unspecified atom stereocenters. The van der Waals surface area contributed by atoms with Gasteiger partial charge in [0.1, 0.15) is 0 Å². The molecule has 1 saturated carbocycles. The second-order valence-corrected chi connectivity index (χ2v) is 6.26. The normalized spacial score (nSPS) is 39.9. The van der Waals surface area contributed by atoms with Gasteiger partial charge < -0.3 is 15.4 Å². The van der Waals surface area contributed by atoms with Gasteiger partial charge in [0.15, 0.2) is 0 Å². The lowest BCUT2D eigenvalue weighted by Gasteiger charge is -2.37. The summed E-state index contributed by atoms with van der Waals surface area (Å²) in [6.45, 7) is 3.42. The summed E-state index contributed by atoms with van der Waals surface area (Å²) in [5.74, 6) is 1.87. The quantitative estimate of drug-likeness (QED) is 0.797. The Hall–Kier alpha value is -0.610. The molecule has 0 radical (unpaired) electrons. The highest BCUT2D eigenvalue weighted by Gasteiger charge is 2.41. The van der Waals surface area contributed by atoms with Crippen LogP contribution in [0.5, 0.6) is 0 Å². The van der Waals surface area contributed by atoms with Crippen LogP contribution in [0.3, 0.4) is 0 Å². The highest BCUT2D eigenvalue weighted by atomic mass is 16.5. The molecule has 2 heterocycles. The number of hydrogen-bond acceptors (Lipinski definition) is 3. The Bertz CT molecular complexity index is 301. The van der Waals surface area contributed by atoms with Gasteiger partial charge in [-0.2, -0.15) is 0 Å². The summed E-state index contributed by atoms with van der Waals surface area (Å²) in [5.41, 5.74) is 6.17. The highest BCUT2D eigenvalue weighted by Crippen LogP contribution is 2.36. The maximum Gasteiger partial charge on any atom is 0.222 e. The van der Waals surface area contributed by atoms with Crippen molar-refractivity contribution in [2.24, 2.45) is 23.5 Å². The molecule has 0 aromatic carbocycles. The van der Waals surface area contributed by atoms with Crippen LogP contribution in [0.4, 0.5) is 0 Å². The number of likely N-dealkylation sites (tertiary alicyclic amines) is 1. The Morgan fingerprint density at radius 3 is 2.56 bits per heavy atom. The first-order valence-corrected chi connectivity index (χ1v) is 7.35. The SMILES string of the molecule is NC1[C@@H]2CC[C@H]1CN(C(=O)C[C@@H]1CCCOC1)C2. The number of fused-ring (bicyclic) bond motifs is 2. The summed E-state index contributed by atoms with van der Waals surface area (Å²) < 4.78 is 5.45. The van der Waals surface area contributed by atoms with E-state index in [2.05, 4.69) is 4.90 Å². The molecule has 4 nitrogen and oxygen atoms in total. The van der Waals surface area contributed by atoms with Crippen LogP contribution in [-0.2, 0) is 9.53 Å². The van der Waals surface area contributed by atoms with Crippen LogP contribution >= 0.6 is 0 Å². The van der Waals surface area contributed by atoms with Gasteiger partial charge in [-0.05, 0) is 43.4 Å². The van der Waals surface area contributed by atoms with Crippen molar-refractivity contribution in [2.45, 2.75) is 38.1 Å². The lowest BCUT2D eigenvalue weighted by atomic mass is 9.91. The zero-order chi connectivity index (χ0) is 12.5. The summed E-state index contributed by atoms with van der Waals surface area (Å²) in [4.78, 5) is 14.4. The fourth-order valence-electron chi connectivity index (χ4n) is 3.81. The van der Waals surface area contributed by atoms with Crippen LogP contribution < -0.4 is 5.73 Å². The van der Waals surface area contributed by atoms with Gasteiger partial charge in [-0.25, -0.2) is 0 Å². The molecule has 0 aromatic heterocycles. The zero-order valence-corrected chi connectivity index (χ0v) is 11.0. The van der Waals surface area contributed by atoms with Gasteiger partial charge in [0, 0.05) is 38.8 Å². The van der Waals surface area contributed by atoms with Crippen LogP contribution in [0.2, 0.25) is 0 Å². The third-order valence-electron chi connectivity index (χ3n) is 4.98. The Labute approximate surface area is 109 Å². The number of nitrogens with two attached hydrogens (primary N) is 1. The summed E-state index contributed by atoms with van der Waals surface area (Å²) in [5, 5.41) is 0. The number of piperidine rings is 1. The molecule has 102 valence electrons. The van der Waals surface area contributed by atoms with E-state index in [0.29, 0.717) is 36.1 Å². The van der Waals surface area contributed by atoms with Crippen LogP contribution in [0.15, 0.2) is 0 Å². The second-order valence-electron chi connectivity index (χ2n) is 6.26. The fourth-order valence-corrected chi connectivity index (χ4v) is 3.81. The fraction of sp³-hybridized carbons (Fsp3) is 0.929. The Morgan fingerprint density at radius 2 is 1.94 bits per heavy atom. The molecule has 1 aliphatic carbocycles. The van der Waals surface area contributed by atoms with Crippen molar-refractivity contribution >= 4 is 5.91 Å². The minimum Gasteiger partial charge on any atom is -0.381 e. The lowest BCUT2D eigenvalue weighted by molar-refractivity contribution is -0.135. The smallest absolute Gasteiger partial charge is 0.222 e. The van der Waals surface area contributed by atoms with E-state index in [-0.39, 0.29) is 0 Å². The van der Waals surface area contributed by atoms with Crippen molar-refractivity contribution in [2.75, 3.05) is 26.3 Å². The number of hydrogen-bond donors (Lipinski definition) is 1. The molecule has 4 atom stereocenters. The van der Waals surface area contributed by atoms with E-state index in [4.69, 9.17) is 10.5 Å². The van der Waals surface area contributed by atoms with Crippen molar-refractivity contribution in [3.8, 4) is 0 Å². The lowest BCUT2D eigenvalue weighted by Crippen LogP contribution is -2.51. The standard InChI is InChI=1S/C14H24N2O2/c15-14-11-3-4-12(14)8-16(7-11)13(17)6-10-2-1-5-18-9-10/h10-12,14H,1-9,15H2/t10-,11-,12+,14?/m0/s1. The predicted molar refractivity (Wildman–Crippen MR) is 68.9 cm³/mol. The third-order valence-corrected chi connectivity index (χ3v) is 4.98. The van der Waals surface area contributed by atoms with Crippen LogP contribution in [-0.4, -0.2) is 43.2 Å². The molecule has 2 N–H and O–H groups in total. The van der Waals surface area contributed by atoms with Gasteiger partial charge in [-0.1, -0.05) is 0 Å². The van der Waals surface area contributed by atoms with E-state index in [1.165, 1.54) is 12.8 Å². The average molecular weight is 252 g/mol. The molecule has 0 spiro atoms. The molecule has 2 aliphatic heterocycles. The van der Waals surface area contributed by atoms with Gasteiger partial charge in [0.2, 0.25) is 5.91 Å². The summed E-state index contributed by atoms with van der Waals surface area (Å²) in [7, 11) is 0. The minimum atomic E-state index is 0.328. The first-order valence-electron chi connectivity index (χ1n) is 7.35. The summed E-state index contributed by atoms with van der Waals surface area (Å²) in [6.07, 6.45) is 5.35. The number of amides is 1. The minimum absolute atomic E-state index is 0.328. The molecule has 2 bridgehead atoms. The first kappa shape index (κ1) is 12.4. The molecule has 2 saturated heterocycles.